The van der Waals surface area contributed by atoms with Gasteiger partial charge in [-0.05, 0) is 37.9 Å². The predicted octanol–water partition coefficient (Wildman–Crippen LogP) is 2.32. The van der Waals surface area contributed by atoms with Crippen LogP contribution in [0, 0.1) is 5.92 Å². The average molecular weight is 220 g/mol. The van der Waals surface area contributed by atoms with Crippen molar-refractivity contribution in [1.29, 1.82) is 0 Å². The highest BCUT2D eigenvalue weighted by molar-refractivity contribution is 5.29. The lowest BCUT2D eigenvalue weighted by Gasteiger charge is -2.30. The van der Waals surface area contributed by atoms with E-state index in [4.69, 9.17) is 4.74 Å². The summed E-state index contributed by atoms with van der Waals surface area (Å²) in [5.74, 6) is 1.83. The summed E-state index contributed by atoms with van der Waals surface area (Å²) >= 11 is 0. The maximum absolute atomic E-state index is 5.34. The Bertz CT molecular complexity index is 332. The van der Waals surface area contributed by atoms with Gasteiger partial charge in [-0.2, -0.15) is 0 Å². The molecule has 0 bridgehead atoms. The maximum Gasteiger partial charge on any atom is 0.126 e. The zero-order chi connectivity index (χ0) is 11.4. The summed E-state index contributed by atoms with van der Waals surface area (Å²) in [5, 5.41) is 0. The molecule has 3 nitrogen and oxygen atoms in total. The van der Waals surface area contributed by atoms with Crippen LogP contribution in [-0.4, -0.2) is 30.1 Å². The molecular formula is C13H20N2O. The summed E-state index contributed by atoms with van der Waals surface area (Å²) in [7, 11) is 1.72. The summed E-state index contributed by atoms with van der Waals surface area (Å²) in [4.78, 5) is 6.65. The highest BCUT2D eigenvalue weighted by Gasteiger charge is 2.16. The van der Waals surface area contributed by atoms with Crippen molar-refractivity contribution in [3.8, 4) is 5.75 Å². The topological polar surface area (TPSA) is 25.4 Å². The molecule has 0 spiro atoms. The number of rotatable bonds is 3. The maximum atomic E-state index is 5.34. The molecule has 1 aromatic heterocycles. The van der Waals surface area contributed by atoms with Crippen molar-refractivity contribution in [3.05, 3.63) is 24.0 Å². The molecule has 0 aromatic carbocycles. The van der Waals surface area contributed by atoms with Gasteiger partial charge in [-0.1, -0.05) is 6.92 Å². The first-order chi connectivity index (χ1) is 7.79. The van der Waals surface area contributed by atoms with E-state index in [0.717, 1.165) is 18.2 Å². The second-order valence-corrected chi connectivity index (χ2v) is 4.65. The minimum absolute atomic E-state index is 0.882. The molecule has 2 rings (SSSR count). The summed E-state index contributed by atoms with van der Waals surface area (Å²) in [6.07, 6.45) is 6.31. The molecule has 1 aliphatic rings. The summed E-state index contributed by atoms with van der Waals surface area (Å²) in [6.45, 7) is 5.68. The lowest BCUT2D eigenvalue weighted by Crippen LogP contribution is -2.32. The molecule has 0 N–H and O–H groups in total. The molecule has 1 aliphatic heterocycles. The van der Waals surface area contributed by atoms with Crippen molar-refractivity contribution in [2.75, 3.05) is 20.2 Å². The number of ether oxygens (including phenoxy) is 1. The molecule has 0 saturated carbocycles. The van der Waals surface area contributed by atoms with Gasteiger partial charge in [0.25, 0.3) is 0 Å². The number of hydrogen-bond donors (Lipinski definition) is 0. The van der Waals surface area contributed by atoms with Gasteiger partial charge in [-0.25, -0.2) is 0 Å². The van der Waals surface area contributed by atoms with Crippen molar-refractivity contribution >= 4 is 0 Å². The quantitative estimate of drug-likeness (QED) is 0.781. The van der Waals surface area contributed by atoms with Crippen LogP contribution in [0.25, 0.3) is 0 Å². The zero-order valence-corrected chi connectivity index (χ0v) is 10.1. The monoisotopic (exact) mass is 220 g/mol. The van der Waals surface area contributed by atoms with Gasteiger partial charge in [-0.3, -0.25) is 9.88 Å². The molecule has 0 amide bonds. The SMILES string of the molecule is COc1ccncc1CN1CCC(C)CC1. The van der Waals surface area contributed by atoms with Crippen molar-refractivity contribution in [3.63, 3.8) is 0 Å². The molecule has 0 radical (unpaired) electrons. The Hall–Kier alpha value is -1.09. The van der Waals surface area contributed by atoms with E-state index in [2.05, 4.69) is 16.8 Å². The van der Waals surface area contributed by atoms with E-state index in [1.807, 2.05) is 12.3 Å². The van der Waals surface area contributed by atoms with Crippen LogP contribution in [0.2, 0.25) is 0 Å². The van der Waals surface area contributed by atoms with Crippen LogP contribution >= 0.6 is 0 Å². The standard InChI is InChI=1S/C13H20N2O/c1-11-4-7-15(8-5-11)10-12-9-14-6-3-13(12)16-2/h3,6,9,11H,4-5,7-8,10H2,1-2H3. The van der Waals surface area contributed by atoms with Gasteiger partial charge in [0, 0.05) is 24.5 Å². The number of methoxy groups -OCH3 is 1. The second-order valence-electron chi connectivity index (χ2n) is 4.65. The highest BCUT2D eigenvalue weighted by Crippen LogP contribution is 2.22. The molecule has 0 atom stereocenters. The van der Waals surface area contributed by atoms with E-state index in [1.54, 1.807) is 13.3 Å². The van der Waals surface area contributed by atoms with Crippen LogP contribution in [0.15, 0.2) is 18.5 Å². The number of aromatic nitrogens is 1. The molecule has 16 heavy (non-hydrogen) atoms. The summed E-state index contributed by atoms with van der Waals surface area (Å²) in [6, 6.07) is 1.93. The molecule has 0 unspecified atom stereocenters. The van der Waals surface area contributed by atoms with Crippen LogP contribution < -0.4 is 4.74 Å². The van der Waals surface area contributed by atoms with Gasteiger partial charge in [-0.15, -0.1) is 0 Å². The Labute approximate surface area is 97.4 Å². The molecular weight excluding hydrogens is 200 g/mol. The van der Waals surface area contributed by atoms with Gasteiger partial charge < -0.3 is 4.74 Å². The number of likely N-dealkylation sites (tertiary alicyclic amines) is 1. The summed E-state index contributed by atoms with van der Waals surface area (Å²) in [5.41, 5.74) is 1.19. The van der Waals surface area contributed by atoms with E-state index in [-0.39, 0.29) is 0 Å². The first kappa shape index (κ1) is 11.4. The normalized spacial score (nSPS) is 18.6. The minimum Gasteiger partial charge on any atom is -0.496 e. The van der Waals surface area contributed by atoms with Crippen LogP contribution in [0.3, 0.4) is 0 Å². The summed E-state index contributed by atoms with van der Waals surface area (Å²) < 4.78 is 5.34. The van der Waals surface area contributed by atoms with Crippen LogP contribution in [0.4, 0.5) is 0 Å². The lowest BCUT2D eigenvalue weighted by molar-refractivity contribution is 0.183. The van der Waals surface area contributed by atoms with Crippen molar-refractivity contribution in [1.82, 2.24) is 9.88 Å². The van der Waals surface area contributed by atoms with E-state index in [9.17, 15) is 0 Å². The first-order valence-electron chi connectivity index (χ1n) is 5.99. The molecule has 1 aromatic rings. The number of hydrogen-bond acceptors (Lipinski definition) is 3. The fourth-order valence-corrected chi connectivity index (χ4v) is 2.19. The van der Waals surface area contributed by atoms with Crippen LogP contribution in [-0.2, 0) is 6.54 Å². The van der Waals surface area contributed by atoms with Crippen molar-refractivity contribution in [2.24, 2.45) is 5.92 Å². The Kier molecular flexibility index (Phi) is 3.78. The zero-order valence-electron chi connectivity index (χ0n) is 10.1. The molecule has 0 aliphatic carbocycles. The largest absolute Gasteiger partial charge is 0.496 e. The highest BCUT2D eigenvalue weighted by atomic mass is 16.5. The first-order valence-corrected chi connectivity index (χ1v) is 5.99. The van der Waals surface area contributed by atoms with Gasteiger partial charge in [0.1, 0.15) is 5.75 Å². The molecule has 1 saturated heterocycles. The third-order valence-corrected chi connectivity index (χ3v) is 3.35. The third-order valence-electron chi connectivity index (χ3n) is 3.35. The average Bonchev–Trinajstić information content (AvgIpc) is 2.33. The molecule has 1 fully saturated rings. The Morgan fingerprint density at radius 3 is 2.88 bits per heavy atom. The van der Waals surface area contributed by atoms with Gasteiger partial charge in [0.05, 0.1) is 7.11 Å². The lowest BCUT2D eigenvalue weighted by atomic mass is 9.99. The van der Waals surface area contributed by atoms with Gasteiger partial charge in [0.15, 0.2) is 0 Å². The second kappa shape index (κ2) is 5.30. The van der Waals surface area contributed by atoms with Crippen LogP contribution in [0.5, 0.6) is 5.75 Å². The van der Waals surface area contributed by atoms with Crippen molar-refractivity contribution in [2.45, 2.75) is 26.3 Å². The molecule has 2 heterocycles. The van der Waals surface area contributed by atoms with Gasteiger partial charge >= 0.3 is 0 Å². The predicted molar refractivity (Wildman–Crippen MR) is 64.5 cm³/mol. The van der Waals surface area contributed by atoms with E-state index >= 15 is 0 Å². The number of pyridine rings is 1. The number of nitrogens with zero attached hydrogens (tertiary/aromatic N) is 2. The van der Waals surface area contributed by atoms with E-state index in [1.165, 1.54) is 31.5 Å². The van der Waals surface area contributed by atoms with E-state index in [0.29, 0.717) is 0 Å². The fraction of sp³-hybridized carbons (Fsp3) is 0.615. The van der Waals surface area contributed by atoms with E-state index < -0.39 is 0 Å². The fourth-order valence-electron chi connectivity index (χ4n) is 2.19. The molecule has 88 valence electrons. The van der Waals surface area contributed by atoms with Crippen molar-refractivity contribution < 1.29 is 4.74 Å². The Morgan fingerprint density at radius 1 is 1.44 bits per heavy atom. The molecule has 3 heteroatoms. The minimum atomic E-state index is 0.882. The smallest absolute Gasteiger partial charge is 0.126 e. The van der Waals surface area contributed by atoms with Crippen LogP contribution in [0.1, 0.15) is 25.3 Å². The van der Waals surface area contributed by atoms with Gasteiger partial charge in [0.2, 0.25) is 0 Å². The number of piperidine rings is 1. The third kappa shape index (κ3) is 2.73. The Morgan fingerprint density at radius 2 is 2.19 bits per heavy atom. The Balaban J connectivity index is 1.98.